The van der Waals surface area contributed by atoms with Gasteiger partial charge in [0.15, 0.2) is 5.13 Å². The van der Waals surface area contributed by atoms with Crippen molar-refractivity contribution in [2.24, 2.45) is 0 Å². The van der Waals surface area contributed by atoms with Gasteiger partial charge in [-0.25, -0.2) is 4.98 Å². The Balaban J connectivity index is 0.00000272. The van der Waals surface area contributed by atoms with Gasteiger partial charge in [0.1, 0.15) is 0 Å². The number of ether oxygens (including phenoxy) is 1. The van der Waals surface area contributed by atoms with Crippen LogP contribution in [-0.4, -0.2) is 55.2 Å². The number of nitrogens with zero attached hydrogens (tertiary/aromatic N) is 3. The highest BCUT2D eigenvalue weighted by Crippen LogP contribution is 2.32. The maximum absolute atomic E-state index is 13.6. The number of rotatable bonds is 6. The van der Waals surface area contributed by atoms with Gasteiger partial charge in [-0.05, 0) is 50.1 Å². The Morgan fingerprint density at radius 1 is 1.19 bits per heavy atom. The van der Waals surface area contributed by atoms with E-state index in [0.29, 0.717) is 6.54 Å². The Kier molecular flexibility index (Phi) is 8.47. The van der Waals surface area contributed by atoms with Crippen molar-refractivity contribution >= 4 is 60.9 Å². The van der Waals surface area contributed by atoms with Gasteiger partial charge >= 0.3 is 0 Å². The number of hydrogen-bond donors (Lipinski definition) is 0. The van der Waals surface area contributed by atoms with Gasteiger partial charge in [-0.15, -0.1) is 12.4 Å². The highest BCUT2D eigenvalue weighted by Gasteiger charge is 2.23. The first-order valence-corrected chi connectivity index (χ1v) is 11.9. The molecule has 0 saturated carbocycles. The lowest BCUT2D eigenvalue weighted by atomic mass is 10.0. The van der Waals surface area contributed by atoms with E-state index in [-0.39, 0.29) is 18.3 Å². The van der Waals surface area contributed by atoms with Crippen LogP contribution in [0.1, 0.15) is 27.9 Å². The van der Waals surface area contributed by atoms with Gasteiger partial charge in [0.05, 0.1) is 23.4 Å². The van der Waals surface area contributed by atoms with Crippen molar-refractivity contribution in [1.29, 1.82) is 0 Å². The molecule has 1 saturated heterocycles. The smallest absolute Gasteiger partial charge is 0.260 e. The molecule has 0 N–H and O–H groups in total. The average molecular weight is 525 g/mol. The Labute approximate surface area is 201 Å². The van der Waals surface area contributed by atoms with E-state index in [1.165, 1.54) is 0 Å². The predicted molar refractivity (Wildman–Crippen MR) is 134 cm³/mol. The summed E-state index contributed by atoms with van der Waals surface area (Å²) in [5.74, 6) is 0.0209. The third-order valence-corrected chi connectivity index (χ3v) is 6.92. The summed E-state index contributed by atoms with van der Waals surface area (Å²) in [6.07, 6.45) is 0.899. The van der Waals surface area contributed by atoms with Crippen molar-refractivity contribution in [3.63, 3.8) is 0 Å². The van der Waals surface area contributed by atoms with Gasteiger partial charge in [0.2, 0.25) is 0 Å². The maximum Gasteiger partial charge on any atom is 0.260 e. The van der Waals surface area contributed by atoms with Crippen molar-refractivity contribution < 1.29 is 9.53 Å². The molecule has 2 heterocycles. The number of hydrogen-bond acceptors (Lipinski definition) is 5. The molecule has 4 rings (SSSR count). The molecule has 0 atom stereocenters. The van der Waals surface area contributed by atoms with E-state index in [4.69, 9.17) is 9.72 Å². The van der Waals surface area contributed by atoms with E-state index in [1.54, 1.807) is 11.3 Å². The number of benzene rings is 2. The molecular weight excluding hydrogens is 498 g/mol. The molecule has 2 aromatic carbocycles. The number of aromatic nitrogens is 1. The van der Waals surface area contributed by atoms with Gasteiger partial charge in [-0.3, -0.25) is 14.6 Å². The summed E-state index contributed by atoms with van der Waals surface area (Å²) in [7, 11) is 0. The summed E-state index contributed by atoms with van der Waals surface area (Å²) in [6.45, 7) is 9.14. The highest BCUT2D eigenvalue weighted by molar-refractivity contribution is 9.10. The first-order valence-electron chi connectivity index (χ1n) is 10.3. The number of amides is 1. The fourth-order valence-electron chi connectivity index (χ4n) is 3.76. The van der Waals surface area contributed by atoms with Crippen LogP contribution in [-0.2, 0) is 4.74 Å². The van der Waals surface area contributed by atoms with E-state index in [9.17, 15) is 4.79 Å². The maximum atomic E-state index is 13.6. The van der Waals surface area contributed by atoms with Crippen molar-refractivity contribution in [1.82, 2.24) is 9.88 Å². The second-order valence-electron chi connectivity index (χ2n) is 7.69. The lowest BCUT2D eigenvalue weighted by molar-refractivity contribution is 0.0376. The number of anilines is 1. The zero-order valence-corrected chi connectivity index (χ0v) is 21.0. The van der Waals surface area contributed by atoms with E-state index in [1.807, 2.05) is 43.0 Å². The van der Waals surface area contributed by atoms with Crippen LogP contribution in [0.5, 0.6) is 0 Å². The first-order chi connectivity index (χ1) is 14.5. The number of carbonyl (C=O) groups excluding carboxylic acids is 1. The van der Waals surface area contributed by atoms with Gasteiger partial charge in [0, 0.05) is 36.2 Å². The van der Waals surface area contributed by atoms with Gasteiger partial charge in [-0.2, -0.15) is 0 Å². The van der Waals surface area contributed by atoms with Crippen LogP contribution in [0.4, 0.5) is 5.13 Å². The molecule has 166 valence electrons. The molecular formula is C23H27BrClN3O2S. The summed E-state index contributed by atoms with van der Waals surface area (Å²) < 4.78 is 7.53. The summed E-state index contributed by atoms with van der Waals surface area (Å²) in [4.78, 5) is 22.6. The third-order valence-electron chi connectivity index (χ3n) is 5.39. The zero-order chi connectivity index (χ0) is 21.1. The number of halogens is 2. The molecule has 5 nitrogen and oxygen atoms in total. The minimum atomic E-state index is 0. The van der Waals surface area contributed by atoms with Crippen LogP contribution >= 0.6 is 39.7 Å². The molecule has 1 fully saturated rings. The quantitative estimate of drug-likeness (QED) is 0.429. The lowest BCUT2D eigenvalue weighted by Crippen LogP contribution is -2.39. The molecule has 0 aliphatic carbocycles. The summed E-state index contributed by atoms with van der Waals surface area (Å²) in [5, 5.41) is 0.759. The Morgan fingerprint density at radius 2 is 1.97 bits per heavy atom. The highest BCUT2D eigenvalue weighted by atomic mass is 79.9. The Morgan fingerprint density at radius 3 is 2.71 bits per heavy atom. The molecule has 0 spiro atoms. The van der Waals surface area contributed by atoms with Crippen molar-refractivity contribution in [2.45, 2.75) is 20.3 Å². The number of thiazole rings is 1. The molecule has 1 amide bonds. The molecule has 3 aromatic rings. The van der Waals surface area contributed by atoms with E-state index >= 15 is 0 Å². The predicted octanol–water partition coefficient (Wildman–Crippen LogP) is 5.47. The SMILES string of the molecule is Cc1ccc(C(=O)N(CCCN2CCOCC2)c2nc3ccc(Br)cc3s2)c(C)c1.Cl. The fourth-order valence-corrected chi connectivity index (χ4v) is 5.30. The summed E-state index contributed by atoms with van der Waals surface area (Å²) in [5.41, 5.74) is 3.83. The van der Waals surface area contributed by atoms with E-state index < -0.39 is 0 Å². The third kappa shape index (κ3) is 5.84. The number of carbonyl (C=O) groups is 1. The van der Waals surface area contributed by atoms with E-state index in [2.05, 4.69) is 33.0 Å². The van der Waals surface area contributed by atoms with E-state index in [0.717, 1.165) is 75.8 Å². The minimum absolute atomic E-state index is 0. The second kappa shape index (κ2) is 10.9. The van der Waals surface area contributed by atoms with Crippen LogP contribution in [0.2, 0.25) is 0 Å². The minimum Gasteiger partial charge on any atom is -0.379 e. The summed E-state index contributed by atoms with van der Waals surface area (Å²) >= 11 is 5.10. The molecule has 1 aliphatic heterocycles. The van der Waals surface area contributed by atoms with Gasteiger partial charge in [0.25, 0.3) is 5.91 Å². The van der Waals surface area contributed by atoms with Crippen LogP contribution in [0, 0.1) is 13.8 Å². The zero-order valence-electron chi connectivity index (χ0n) is 17.8. The lowest BCUT2D eigenvalue weighted by Gasteiger charge is -2.28. The molecule has 8 heteroatoms. The molecule has 1 aliphatic rings. The van der Waals surface area contributed by atoms with Gasteiger partial charge in [-0.1, -0.05) is 45.0 Å². The monoisotopic (exact) mass is 523 g/mol. The topological polar surface area (TPSA) is 45.7 Å². The van der Waals surface area contributed by atoms with Crippen LogP contribution in [0.3, 0.4) is 0 Å². The molecule has 0 unspecified atom stereocenters. The van der Waals surface area contributed by atoms with Crippen LogP contribution in [0.25, 0.3) is 10.2 Å². The Hall–Kier alpha value is -1.51. The van der Waals surface area contributed by atoms with Crippen LogP contribution < -0.4 is 4.90 Å². The normalized spacial score (nSPS) is 14.4. The Bertz CT molecular complexity index is 1050. The second-order valence-corrected chi connectivity index (χ2v) is 9.62. The number of fused-ring (bicyclic) bond motifs is 1. The van der Waals surface area contributed by atoms with Crippen molar-refractivity contribution in [2.75, 3.05) is 44.3 Å². The standard InChI is InChI=1S/C23H26BrN3O2S.ClH/c1-16-4-6-19(17(2)14-16)22(28)27(9-3-8-26-10-12-29-13-11-26)23-25-20-7-5-18(24)15-21(20)30-23;/h4-7,14-15H,3,8-13H2,1-2H3;1H. The van der Waals surface area contributed by atoms with Crippen molar-refractivity contribution in [3.8, 4) is 0 Å². The number of morpholine rings is 1. The first kappa shape index (κ1) is 24.1. The largest absolute Gasteiger partial charge is 0.379 e. The average Bonchev–Trinajstić information content (AvgIpc) is 3.14. The van der Waals surface area contributed by atoms with Gasteiger partial charge < -0.3 is 4.74 Å². The van der Waals surface area contributed by atoms with Crippen LogP contribution in [0.15, 0.2) is 40.9 Å². The number of aryl methyl sites for hydroxylation is 2. The van der Waals surface area contributed by atoms with Crippen molar-refractivity contribution in [3.05, 3.63) is 57.6 Å². The summed E-state index contributed by atoms with van der Waals surface area (Å²) in [6, 6.07) is 12.0. The molecule has 1 aromatic heterocycles. The molecule has 31 heavy (non-hydrogen) atoms. The molecule has 0 radical (unpaired) electrons. The fraction of sp³-hybridized carbons (Fsp3) is 0.391. The molecule has 0 bridgehead atoms.